The average Bonchev–Trinajstić information content (AvgIpc) is 2.96. The lowest BCUT2D eigenvalue weighted by atomic mass is 10.2. The van der Waals surface area contributed by atoms with Crippen LogP contribution in [0.15, 0.2) is 18.2 Å². The second-order valence-electron chi connectivity index (χ2n) is 5.26. The van der Waals surface area contributed by atoms with E-state index in [9.17, 15) is 4.79 Å². The summed E-state index contributed by atoms with van der Waals surface area (Å²) in [6.45, 7) is 5.93. The second-order valence-corrected chi connectivity index (χ2v) is 5.26. The van der Waals surface area contributed by atoms with Gasteiger partial charge in [-0.05, 0) is 57.5 Å². The number of carboxylic acids is 1. The van der Waals surface area contributed by atoms with Crippen LogP contribution >= 0.6 is 0 Å². The van der Waals surface area contributed by atoms with Crippen LogP contribution in [0.3, 0.4) is 0 Å². The van der Waals surface area contributed by atoms with Crippen LogP contribution in [0.4, 0.5) is 0 Å². The average molecular weight is 290 g/mol. The van der Waals surface area contributed by atoms with Gasteiger partial charge in [-0.15, -0.1) is 0 Å². The molecule has 1 N–H and O–H groups in total. The smallest absolute Gasteiger partial charge is 0.328 e. The van der Waals surface area contributed by atoms with Gasteiger partial charge in [0.2, 0.25) is 0 Å². The molecule has 0 amide bonds. The monoisotopic (exact) mass is 290 g/mol. The van der Waals surface area contributed by atoms with Crippen LogP contribution in [0.25, 0.3) is 6.08 Å². The first-order chi connectivity index (χ1) is 10.1. The molecular formula is C16H22N2O3. The quantitative estimate of drug-likeness (QED) is 0.617. The number of nitrogens with zero attached hydrogens (tertiary/aromatic N) is 2. The fourth-order valence-corrected chi connectivity index (χ4v) is 2.43. The second kappa shape index (κ2) is 7.78. The SMILES string of the molecule is Cc1ccc(OCCCN2CCCC2)c(C=CC(=O)O)n1. The molecule has 5 heteroatoms. The molecule has 2 heterocycles. The first-order valence-corrected chi connectivity index (χ1v) is 7.39. The molecule has 0 saturated carbocycles. The van der Waals surface area contributed by atoms with Crippen molar-refractivity contribution in [2.24, 2.45) is 0 Å². The third kappa shape index (κ3) is 5.19. The number of carboxylic acid groups (broad SMARTS) is 1. The molecule has 0 aliphatic carbocycles. The Morgan fingerprint density at radius 3 is 2.90 bits per heavy atom. The molecule has 0 aromatic carbocycles. The maximum atomic E-state index is 10.6. The van der Waals surface area contributed by atoms with Gasteiger partial charge >= 0.3 is 5.97 Å². The summed E-state index contributed by atoms with van der Waals surface area (Å²) in [5.41, 5.74) is 1.41. The van der Waals surface area contributed by atoms with Crippen LogP contribution in [-0.2, 0) is 4.79 Å². The number of aryl methyl sites for hydroxylation is 1. The molecule has 1 aliphatic heterocycles. The predicted molar refractivity (Wildman–Crippen MR) is 81.4 cm³/mol. The number of hydrogen-bond donors (Lipinski definition) is 1. The van der Waals surface area contributed by atoms with Crippen molar-refractivity contribution in [2.45, 2.75) is 26.2 Å². The van der Waals surface area contributed by atoms with Crippen LogP contribution in [0.5, 0.6) is 5.75 Å². The Hall–Kier alpha value is -1.88. The van der Waals surface area contributed by atoms with Crippen molar-refractivity contribution in [2.75, 3.05) is 26.2 Å². The molecule has 0 atom stereocenters. The maximum absolute atomic E-state index is 10.6. The third-order valence-corrected chi connectivity index (χ3v) is 3.48. The van der Waals surface area contributed by atoms with E-state index < -0.39 is 5.97 Å². The highest BCUT2D eigenvalue weighted by molar-refractivity contribution is 5.85. The number of likely N-dealkylation sites (tertiary alicyclic amines) is 1. The Balaban J connectivity index is 1.87. The van der Waals surface area contributed by atoms with Crippen molar-refractivity contribution in [3.63, 3.8) is 0 Å². The molecule has 1 aromatic heterocycles. The highest BCUT2D eigenvalue weighted by Gasteiger charge is 2.10. The molecule has 1 fully saturated rings. The normalized spacial score (nSPS) is 15.7. The molecule has 2 rings (SSSR count). The van der Waals surface area contributed by atoms with Gasteiger partial charge in [0.25, 0.3) is 0 Å². The third-order valence-electron chi connectivity index (χ3n) is 3.48. The molecule has 21 heavy (non-hydrogen) atoms. The van der Waals surface area contributed by atoms with E-state index in [2.05, 4.69) is 9.88 Å². The molecule has 1 saturated heterocycles. The summed E-state index contributed by atoms with van der Waals surface area (Å²) < 4.78 is 5.75. The van der Waals surface area contributed by atoms with E-state index in [0.29, 0.717) is 18.1 Å². The summed E-state index contributed by atoms with van der Waals surface area (Å²) in [6.07, 6.45) is 6.12. The van der Waals surface area contributed by atoms with Crippen molar-refractivity contribution in [1.82, 2.24) is 9.88 Å². The Morgan fingerprint density at radius 2 is 2.19 bits per heavy atom. The van der Waals surface area contributed by atoms with E-state index in [1.807, 2.05) is 19.1 Å². The fraction of sp³-hybridized carbons (Fsp3) is 0.500. The van der Waals surface area contributed by atoms with Gasteiger partial charge in [0, 0.05) is 18.3 Å². The summed E-state index contributed by atoms with van der Waals surface area (Å²) >= 11 is 0. The number of carbonyl (C=O) groups is 1. The van der Waals surface area contributed by atoms with Crippen LogP contribution in [0.2, 0.25) is 0 Å². The van der Waals surface area contributed by atoms with E-state index >= 15 is 0 Å². The fourth-order valence-electron chi connectivity index (χ4n) is 2.43. The molecule has 1 aromatic rings. The van der Waals surface area contributed by atoms with Crippen molar-refractivity contribution < 1.29 is 14.6 Å². The Morgan fingerprint density at radius 1 is 1.43 bits per heavy atom. The number of rotatable bonds is 7. The molecule has 0 unspecified atom stereocenters. The van der Waals surface area contributed by atoms with Crippen molar-refractivity contribution >= 4 is 12.0 Å². The van der Waals surface area contributed by atoms with Gasteiger partial charge in [0.1, 0.15) is 11.4 Å². The first kappa shape index (κ1) is 15.5. The van der Waals surface area contributed by atoms with Crippen molar-refractivity contribution in [1.29, 1.82) is 0 Å². The highest BCUT2D eigenvalue weighted by Crippen LogP contribution is 2.19. The van der Waals surface area contributed by atoms with Gasteiger partial charge in [-0.3, -0.25) is 0 Å². The minimum absolute atomic E-state index is 0.568. The van der Waals surface area contributed by atoms with Crippen LogP contribution < -0.4 is 4.74 Å². The number of aliphatic carboxylic acids is 1. The van der Waals surface area contributed by atoms with Gasteiger partial charge in [-0.25, -0.2) is 9.78 Å². The molecule has 0 bridgehead atoms. The van der Waals surface area contributed by atoms with Crippen molar-refractivity contribution in [3.8, 4) is 5.75 Å². The van der Waals surface area contributed by atoms with Crippen molar-refractivity contribution in [3.05, 3.63) is 29.6 Å². The van der Waals surface area contributed by atoms with Crippen LogP contribution in [0, 0.1) is 6.92 Å². The van der Waals surface area contributed by atoms with E-state index in [-0.39, 0.29) is 0 Å². The van der Waals surface area contributed by atoms with Gasteiger partial charge in [-0.1, -0.05) is 0 Å². The number of ether oxygens (including phenoxy) is 1. The largest absolute Gasteiger partial charge is 0.491 e. The molecular weight excluding hydrogens is 268 g/mol. The van der Waals surface area contributed by atoms with Crippen LogP contribution in [-0.4, -0.2) is 47.2 Å². The molecule has 114 valence electrons. The maximum Gasteiger partial charge on any atom is 0.328 e. The Kier molecular flexibility index (Phi) is 5.75. The standard InChI is InChI=1S/C16H22N2O3/c1-13-5-7-15(14(17-13)6-8-16(19)20)21-12-4-11-18-9-2-3-10-18/h5-8H,2-4,9-12H2,1H3,(H,19,20). The zero-order valence-electron chi connectivity index (χ0n) is 12.4. The molecule has 1 aliphatic rings. The summed E-state index contributed by atoms with van der Waals surface area (Å²) in [7, 11) is 0. The van der Waals surface area contributed by atoms with Gasteiger partial charge in [-0.2, -0.15) is 0 Å². The summed E-state index contributed by atoms with van der Waals surface area (Å²) in [5, 5.41) is 8.71. The predicted octanol–water partition coefficient (Wildman–Crippen LogP) is 2.35. The zero-order valence-corrected chi connectivity index (χ0v) is 12.4. The minimum atomic E-state index is -0.988. The highest BCUT2D eigenvalue weighted by atomic mass is 16.5. The summed E-state index contributed by atoms with van der Waals surface area (Å²) in [4.78, 5) is 17.4. The molecule has 0 radical (unpaired) electrons. The minimum Gasteiger partial charge on any atom is -0.491 e. The topological polar surface area (TPSA) is 62.7 Å². The van der Waals surface area contributed by atoms with Gasteiger partial charge in [0.15, 0.2) is 0 Å². The van der Waals surface area contributed by atoms with E-state index in [1.165, 1.54) is 32.0 Å². The van der Waals surface area contributed by atoms with Crippen LogP contribution in [0.1, 0.15) is 30.7 Å². The van der Waals surface area contributed by atoms with E-state index in [4.69, 9.17) is 9.84 Å². The lowest BCUT2D eigenvalue weighted by Gasteiger charge is -2.15. The van der Waals surface area contributed by atoms with E-state index in [0.717, 1.165) is 24.7 Å². The Bertz CT molecular complexity index is 508. The van der Waals surface area contributed by atoms with Gasteiger partial charge in [0.05, 0.1) is 6.61 Å². The molecule has 0 spiro atoms. The van der Waals surface area contributed by atoms with E-state index in [1.54, 1.807) is 0 Å². The zero-order chi connectivity index (χ0) is 15.1. The number of aromatic nitrogens is 1. The lowest BCUT2D eigenvalue weighted by molar-refractivity contribution is -0.131. The molecule has 5 nitrogen and oxygen atoms in total. The Labute approximate surface area is 125 Å². The lowest BCUT2D eigenvalue weighted by Crippen LogP contribution is -2.22. The summed E-state index contributed by atoms with van der Waals surface area (Å²) in [6, 6.07) is 3.72. The number of pyridine rings is 1. The van der Waals surface area contributed by atoms with Gasteiger partial charge < -0.3 is 14.7 Å². The number of hydrogen-bond acceptors (Lipinski definition) is 4. The summed E-state index contributed by atoms with van der Waals surface area (Å²) in [5.74, 6) is -0.349. The first-order valence-electron chi connectivity index (χ1n) is 7.39.